The van der Waals surface area contributed by atoms with Gasteiger partial charge in [0.25, 0.3) is 5.91 Å². The van der Waals surface area contributed by atoms with Crippen molar-refractivity contribution >= 4 is 29.3 Å². The van der Waals surface area contributed by atoms with E-state index >= 15 is 0 Å². The maximum Gasteiger partial charge on any atom is 0.328 e. The maximum absolute atomic E-state index is 12.1. The number of hydrogen-bond acceptors (Lipinski definition) is 4. The van der Waals surface area contributed by atoms with Crippen LogP contribution in [0, 0.1) is 0 Å². The highest BCUT2D eigenvalue weighted by molar-refractivity contribution is 7.12. The molecule has 1 amide bonds. The molecule has 1 aromatic rings. The van der Waals surface area contributed by atoms with E-state index in [1.54, 1.807) is 11.4 Å². The Morgan fingerprint density at radius 2 is 2.37 bits per heavy atom. The van der Waals surface area contributed by atoms with Crippen LogP contribution < -0.4 is 5.32 Å². The Morgan fingerprint density at radius 3 is 3.00 bits per heavy atom. The first-order valence-electron chi connectivity index (χ1n) is 5.99. The second-order valence-electron chi connectivity index (χ2n) is 4.32. The molecule has 2 atom stereocenters. The van der Waals surface area contributed by atoms with Crippen molar-refractivity contribution in [3.05, 3.63) is 28.0 Å². The number of amides is 1. The van der Waals surface area contributed by atoms with Gasteiger partial charge >= 0.3 is 5.97 Å². The average molecular weight is 281 g/mol. The summed E-state index contributed by atoms with van der Waals surface area (Å²) in [6, 6.07) is 1.75. The van der Waals surface area contributed by atoms with Gasteiger partial charge in [0.1, 0.15) is 0 Å². The van der Waals surface area contributed by atoms with Gasteiger partial charge in [-0.25, -0.2) is 4.79 Å². The SMILES string of the molecule is CC1OCCC1NC(=O)c1sccc1/C=C/C(=O)O. The van der Waals surface area contributed by atoms with Crippen LogP contribution in [-0.4, -0.2) is 35.7 Å². The molecule has 0 bridgehead atoms. The van der Waals surface area contributed by atoms with Crippen LogP contribution in [0.2, 0.25) is 0 Å². The van der Waals surface area contributed by atoms with Crippen molar-refractivity contribution in [1.29, 1.82) is 0 Å². The topological polar surface area (TPSA) is 75.6 Å². The lowest BCUT2D eigenvalue weighted by Gasteiger charge is -2.15. The predicted molar refractivity (Wildman–Crippen MR) is 72.3 cm³/mol. The van der Waals surface area contributed by atoms with Gasteiger partial charge in [0.15, 0.2) is 0 Å². The molecule has 0 spiro atoms. The summed E-state index contributed by atoms with van der Waals surface area (Å²) in [5.74, 6) is -1.21. The summed E-state index contributed by atoms with van der Waals surface area (Å²) < 4.78 is 5.39. The number of ether oxygens (including phenoxy) is 1. The van der Waals surface area contributed by atoms with E-state index in [1.165, 1.54) is 17.4 Å². The van der Waals surface area contributed by atoms with Crippen molar-refractivity contribution in [2.45, 2.75) is 25.5 Å². The molecule has 19 heavy (non-hydrogen) atoms. The highest BCUT2D eigenvalue weighted by atomic mass is 32.1. The molecule has 0 radical (unpaired) electrons. The van der Waals surface area contributed by atoms with E-state index in [1.807, 2.05) is 6.92 Å². The number of carboxylic acid groups (broad SMARTS) is 1. The van der Waals surface area contributed by atoms with Gasteiger partial charge in [0.05, 0.1) is 17.0 Å². The normalized spacial score (nSPS) is 22.8. The second-order valence-corrected chi connectivity index (χ2v) is 5.24. The molecule has 2 N–H and O–H groups in total. The van der Waals surface area contributed by atoms with Crippen molar-refractivity contribution in [2.75, 3.05) is 6.61 Å². The molecule has 1 aromatic heterocycles. The summed E-state index contributed by atoms with van der Waals surface area (Å²) in [5, 5.41) is 13.3. The minimum atomic E-state index is -1.03. The number of thiophene rings is 1. The van der Waals surface area contributed by atoms with Crippen LogP contribution in [0.5, 0.6) is 0 Å². The molecular formula is C13H15NO4S. The lowest BCUT2D eigenvalue weighted by molar-refractivity contribution is -0.131. The number of carbonyl (C=O) groups is 2. The molecule has 0 saturated carbocycles. The van der Waals surface area contributed by atoms with Crippen molar-refractivity contribution < 1.29 is 19.4 Å². The standard InChI is InChI=1S/C13H15NO4S/c1-8-10(4-6-18-8)14-13(17)12-9(5-7-19-12)2-3-11(15)16/h2-3,5,7-8,10H,4,6H2,1H3,(H,14,17)(H,15,16)/b3-2+. The van der Waals surface area contributed by atoms with E-state index in [0.29, 0.717) is 17.0 Å². The molecule has 2 unspecified atom stereocenters. The smallest absolute Gasteiger partial charge is 0.328 e. The molecule has 6 heteroatoms. The average Bonchev–Trinajstić information content (AvgIpc) is 2.96. The van der Waals surface area contributed by atoms with Crippen molar-refractivity contribution in [3.8, 4) is 0 Å². The van der Waals surface area contributed by atoms with Crippen LogP contribution in [0.4, 0.5) is 0 Å². The number of carboxylic acids is 1. The summed E-state index contributed by atoms with van der Waals surface area (Å²) >= 11 is 1.30. The third-order valence-corrected chi connectivity index (χ3v) is 3.93. The first-order valence-corrected chi connectivity index (χ1v) is 6.87. The quantitative estimate of drug-likeness (QED) is 0.824. The van der Waals surface area contributed by atoms with Crippen molar-refractivity contribution in [3.63, 3.8) is 0 Å². The summed E-state index contributed by atoms with van der Waals surface area (Å²) in [5.41, 5.74) is 0.622. The van der Waals surface area contributed by atoms with Gasteiger partial charge in [-0.3, -0.25) is 4.79 Å². The summed E-state index contributed by atoms with van der Waals surface area (Å²) in [4.78, 5) is 23.2. The van der Waals surface area contributed by atoms with E-state index in [0.717, 1.165) is 12.5 Å². The van der Waals surface area contributed by atoms with Crippen LogP contribution in [0.25, 0.3) is 6.08 Å². The molecule has 2 heterocycles. The van der Waals surface area contributed by atoms with Crippen LogP contribution in [-0.2, 0) is 9.53 Å². The minimum absolute atomic E-state index is 0.0157. The molecular weight excluding hydrogens is 266 g/mol. The molecule has 1 aliphatic heterocycles. The maximum atomic E-state index is 12.1. The Bertz CT molecular complexity index is 508. The summed E-state index contributed by atoms with van der Waals surface area (Å²) in [6.07, 6.45) is 3.28. The van der Waals surface area contributed by atoms with Crippen LogP contribution >= 0.6 is 11.3 Å². The van der Waals surface area contributed by atoms with Gasteiger partial charge in [-0.05, 0) is 36.4 Å². The number of hydrogen-bond donors (Lipinski definition) is 2. The molecule has 2 rings (SSSR count). The summed E-state index contributed by atoms with van der Waals surface area (Å²) in [6.45, 7) is 2.58. The number of carbonyl (C=O) groups excluding carboxylic acids is 1. The number of aliphatic carboxylic acids is 1. The van der Waals surface area contributed by atoms with Gasteiger partial charge in [-0.15, -0.1) is 11.3 Å². The Kier molecular flexibility index (Phi) is 4.34. The molecule has 1 aliphatic rings. The highest BCUT2D eigenvalue weighted by Crippen LogP contribution is 2.20. The second kappa shape index (κ2) is 5.99. The fourth-order valence-electron chi connectivity index (χ4n) is 1.95. The first kappa shape index (κ1) is 13.8. The van der Waals surface area contributed by atoms with Gasteiger partial charge < -0.3 is 15.2 Å². The van der Waals surface area contributed by atoms with E-state index in [2.05, 4.69) is 5.32 Å². The molecule has 102 valence electrons. The monoisotopic (exact) mass is 281 g/mol. The lowest BCUT2D eigenvalue weighted by Crippen LogP contribution is -2.39. The third kappa shape index (κ3) is 3.42. The first-order chi connectivity index (χ1) is 9.08. The largest absolute Gasteiger partial charge is 0.478 e. The Labute approximate surface area is 114 Å². The summed E-state index contributed by atoms with van der Waals surface area (Å²) in [7, 11) is 0. The Hall–Kier alpha value is -1.66. The van der Waals surface area contributed by atoms with Crippen LogP contribution in [0.3, 0.4) is 0 Å². The van der Waals surface area contributed by atoms with Gasteiger partial charge in [0, 0.05) is 12.7 Å². The van der Waals surface area contributed by atoms with Crippen molar-refractivity contribution in [2.24, 2.45) is 0 Å². The lowest BCUT2D eigenvalue weighted by atomic mass is 10.1. The molecule has 1 saturated heterocycles. The van der Waals surface area contributed by atoms with Crippen molar-refractivity contribution in [1.82, 2.24) is 5.32 Å². The van der Waals surface area contributed by atoms with E-state index in [-0.39, 0.29) is 18.1 Å². The Morgan fingerprint density at radius 1 is 1.58 bits per heavy atom. The Balaban J connectivity index is 2.07. The fraction of sp³-hybridized carbons (Fsp3) is 0.385. The molecule has 0 aromatic carbocycles. The van der Waals surface area contributed by atoms with E-state index in [4.69, 9.17) is 9.84 Å². The van der Waals surface area contributed by atoms with Crippen LogP contribution in [0.1, 0.15) is 28.6 Å². The molecule has 0 aliphatic carbocycles. The van der Waals surface area contributed by atoms with E-state index < -0.39 is 5.97 Å². The fourth-order valence-corrected chi connectivity index (χ4v) is 2.74. The highest BCUT2D eigenvalue weighted by Gasteiger charge is 2.26. The van der Waals surface area contributed by atoms with Gasteiger partial charge in [-0.2, -0.15) is 0 Å². The zero-order chi connectivity index (χ0) is 13.8. The van der Waals surface area contributed by atoms with Gasteiger partial charge in [0.2, 0.25) is 0 Å². The molecule has 5 nitrogen and oxygen atoms in total. The van der Waals surface area contributed by atoms with E-state index in [9.17, 15) is 9.59 Å². The number of rotatable bonds is 4. The van der Waals surface area contributed by atoms with Gasteiger partial charge in [-0.1, -0.05) is 0 Å². The minimum Gasteiger partial charge on any atom is -0.478 e. The predicted octanol–water partition coefficient (Wildman–Crippen LogP) is 1.75. The molecule has 1 fully saturated rings. The zero-order valence-electron chi connectivity index (χ0n) is 10.5. The van der Waals surface area contributed by atoms with Crippen LogP contribution in [0.15, 0.2) is 17.5 Å². The third-order valence-electron chi connectivity index (χ3n) is 3.00. The zero-order valence-corrected chi connectivity index (χ0v) is 11.3. The number of nitrogens with one attached hydrogen (secondary N) is 1.